The Morgan fingerprint density at radius 1 is 1.15 bits per heavy atom. The second kappa shape index (κ2) is 7.64. The molecular weight excluding hydrogens is 362 g/mol. The minimum Gasteiger partial charge on any atom is -0.446 e. The van der Waals surface area contributed by atoms with Gasteiger partial charge in [0.05, 0.1) is 12.5 Å². The summed E-state index contributed by atoms with van der Waals surface area (Å²) in [5.74, 6) is 0.466. The van der Waals surface area contributed by atoms with Gasteiger partial charge in [0.25, 0.3) is 0 Å². The fraction of sp³-hybridized carbons (Fsp3) is 0.333. The molecule has 140 valence electrons. The van der Waals surface area contributed by atoms with Gasteiger partial charge in [-0.05, 0) is 40.7 Å². The topological polar surface area (TPSA) is 55.8 Å². The van der Waals surface area contributed by atoms with Crippen LogP contribution in [0.3, 0.4) is 0 Å². The number of benzene rings is 2. The van der Waals surface area contributed by atoms with Crippen LogP contribution in [0, 0.1) is 0 Å². The van der Waals surface area contributed by atoms with E-state index in [1.54, 1.807) is 11.8 Å². The van der Waals surface area contributed by atoms with Gasteiger partial charge >= 0.3 is 12.1 Å². The van der Waals surface area contributed by atoms with Crippen LogP contribution in [-0.4, -0.2) is 41.8 Å². The van der Waals surface area contributed by atoms with Gasteiger partial charge < -0.3 is 9.57 Å². The number of carbonyl (C=O) groups is 2. The molecule has 0 N–H and O–H groups in total. The molecule has 1 amide bonds. The molecule has 0 unspecified atom stereocenters. The molecule has 5 nitrogen and oxygen atoms in total. The van der Waals surface area contributed by atoms with Crippen molar-refractivity contribution in [3.05, 3.63) is 59.7 Å². The van der Waals surface area contributed by atoms with E-state index in [4.69, 9.17) is 9.57 Å². The van der Waals surface area contributed by atoms with E-state index in [-0.39, 0.29) is 31.0 Å². The highest BCUT2D eigenvalue weighted by Crippen LogP contribution is 2.44. The molecule has 0 radical (unpaired) electrons. The molecule has 1 saturated heterocycles. The Labute approximate surface area is 162 Å². The Morgan fingerprint density at radius 3 is 2.41 bits per heavy atom. The van der Waals surface area contributed by atoms with Crippen molar-refractivity contribution in [1.29, 1.82) is 0 Å². The third kappa shape index (κ3) is 3.41. The molecule has 1 fully saturated rings. The Balaban J connectivity index is 1.48. The van der Waals surface area contributed by atoms with Crippen molar-refractivity contribution in [3.8, 4) is 11.1 Å². The molecule has 2 aromatic carbocycles. The highest BCUT2D eigenvalue weighted by Gasteiger charge is 2.38. The van der Waals surface area contributed by atoms with Gasteiger partial charge in [-0.1, -0.05) is 48.5 Å². The Hall–Kier alpha value is -2.47. The van der Waals surface area contributed by atoms with Crippen LogP contribution in [0.2, 0.25) is 0 Å². The van der Waals surface area contributed by atoms with Crippen LogP contribution >= 0.6 is 11.8 Å². The Kier molecular flexibility index (Phi) is 5.07. The number of ether oxygens (including phenoxy) is 1. The number of hydroxylamine groups is 2. The number of carbonyl (C=O) groups excluding carboxylic acids is 2. The van der Waals surface area contributed by atoms with Crippen molar-refractivity contribution < 1.29 is 19.2 Å². The summed E-state index contributed by atoms with van der Waals surface area (Å²) >= 11 is 1.68. The van der Waals surface area contributed by atoms with Gasteiger partial charge in [0, 0.05) is 5.92 Å². The highest BCUT2D eigenvalue weighted by molar-refractivity contribution is 7.98. The van der Waals surface area contributed by atoms with Crippen LogP contribution in [-0.2, 0) is 14.4 Å². The molecule has 0 spiro atoms. The molecule has 0 saturated carbocycles. The van der Waals surface area contributed by atoms with E-state index in [0.29, 0.717) is 6.42 Å². The quantitative estimate of drug-likeness (QED) is 0.774. The predicted molar refractivity (Wildman–Crippen MR) is 104 cm³/mol. The molecule has 1 aliphatic carbocycles. The Bertz CT molecular complexity index is 823. The molecular formula is C21H21NO4S. The lowest BCUT2D eigenvalue weighted by molar-refractivity contribution is -0.167. The molecule has 0 bridgehead atoms. The van der Waals surface area contributed by atoms with Gasteiger partial charge in [-0.2, -0.15) is 11.8 Å². The largest absolute Gasteiger partial charge is 0.446 e. The maximum atomic E-state index is 12.6. The van der Waals surface area contributed by atoms with Crippen LogP contribution in [0.5, 0.6) is 0 Å². The smallest absolute Gasteiger partial charge is 0.443 e. The van der Waals surface area contributed by atoms with E-state index in [2.05, 4.69) is 24.3 Å². The van der Waals surface area contributed by atoms with Crippen molar-refractivity contribution >= 4 is 23.8 Å². The minimum atomic E-state index is -0.589. The third-order valence-electron chi connectivity index (χ3n) is 5.11. The van der Waals surface area contributed by atoms with Gasteiger partial charge in [0.2, 0.25) is 0 Å². The lowest BCUT2D eigenvalue weighted by Gasteiger charge is -2.21. The molecule has 1 heterocycles. The molecule has 1 atom stereocenters. The number of thioether (sulfide) groups is 1. The number of nitrogens with zero attached hydrogens (tertiary/aromatic N) is 1. The second-order valence-electron chi connectivity index (χ2n) is 6.73. The first kappa shape index (κ1) is 17.9. The normalized spacial score (nSPS) is 18.2. The third-order valence-corrected chi connectivity index (χ3v) is 5.75. The van der Waals surface area contributed by atoms with Crippen LogP contribution < -0.4 is 0 Å². The number of amides is 1. The summed E-state index contributed by atoms with van der Waals surface area (Å²) in [6, 6.07) is 16.1. The van der Waals surface area contributed by atoms with Crippen molar-refractivity contribution in [1.82, 2.24) is 5.06 Å². The van der Waals surface area contributed by atoms with Gasteiger partial charge in [-0.25, -0.2) is 9.59 Å². The summed E-state index contributed by atoms with van der Waals surface area (Å²) in [5.41, 5.74) is 4.67. The van der Waals surface area contributed by atoms with Gasteiger partial charge in [-0.3, -0.25) is 0 Å². The van der Waals surface area contributed by atoms with Gasteiger partial charge in [0.1, 0.15) is 6.61 Å². The van der Waals surface area contributed by atoms with Crippen molar-refractivity contribution in [2.45, 2.75) is 24.8 Å². The van der Waals surface area contributed by atoms with Crippen LogP contribution in [0.15, 0.2) is 48.5 Å². The van der Waals surface area contributed by atoms with E-state index in [1.165, 1.54) is 11.1 Å². The van der Waals surface area contributed by atoms with Crippen LogP contribution in [0.25, 0.3) is 11.1 Å². The SMILES string of the molecule is CSCC[C@@H]1CC(=O)ON1C(=O)OCC1c2ccccc2-c2ccccc21. The van der Waals surface area contributed by atoms with E-state index in [9.17, 15) is 9.59 Å². The van der Waals surface area contributed by atoms with Crippen LogP contribution in [0.1, 0.15) is 29.9 Å². The fourth-order valence-electron chi connectivity index (χ4n) is 3.81. The summed E-state index contributed by atoms with van der Waals surface area (Å²) < 4.78 is 5.59. The highest BCUT2D eigenvalue weighted by atomic mass is 32.2. The fourth-order valence-corrected chi connectivity index (χ4v) is 4.32. The van der Waals surface area contributed by atoms with Gasteiger partial charge in [0.15, 0.2) is 0 Å². The molecule has 27 heavy (non-hydrogen) atoms. The second-order valence-corrected chi connectivity index (χ2v) is 7.72. The zero-order chi connectivity index (χ0) is 18.8. The first-order valence-electron chi connectivity index (χ1n) is 9.03. The molecule has 2 aromatic rings. The average molecular weight is 383 g/mol. The molecule has 6 heteroatoms. The summed E-state index contributed by atoms with van der Waals surface area (Å²) in [4.78, 5) is 29.3. The summed E-state index contributed by atoms with van der Waals surface area (Å²) in [6.07, 6.45) is 2.34. The van der Waals surface area contributed by atoms with Crippen LogP contribution in [0.4, 0.5) is 4.79 Å². The lowest BCUT2D eigenvalue weighted by Crippen LogP contribution is -2.36. The Morgan fingerprint density at radius 2 is 1.78 bits per heavy atom. The van der Waals surface area contributed by atoms with Crippen molar-refractivity contribution in [2.75, 3.05) is 18.6 Å². The maximum absolute atomic E-state index is 12.6. The standard InChI is InChI=1S/C21H21NO4S/c1-27-11-10-14-12-20(23)26-22(14)21(24)25-13-19-17-8-4-2-6-15(17)16-7-3-5-9-18(16)19/h2-9,14,19H,10-13H2,1H3/t14-/m1/s1. The summed E-state index contributed by atoms with van der Waals surface area (Å²) in [7, 11) is 0. The van der Waals surface area contributed by atoms with Gasteiger partial charge in [-0.15, -0.1) is 5.06 Å². The zero-order valence-electron chi connectivity index (χ0n) is 15.1. The zero-order valence-corrected chi connectivity index (χ0v) is 15.9. The molecule has 0 aromatic heterocycles. The minimum absolute atomic E-state index is 0.00991. The van der Waals surface area contributed by atoms with E-state index in [0.717, 1.165) is 21.9 Å². The average Bonchev–Trinajstić information content (AvgIpc) is 3.22. The maximum Gasteiger partial charge on any atom is 0.443 e. The summed E-state index contributed by atoms with van der Waals surface area (Å²) in [5, 5.41) is 1.12. The number of hydrogen-bond acceptors (Lipinski definition) is 5. The molecule has 1 aliphatic heterocycles. The van der Waals surface area contributed by atoms with E-state index < -0.39 is 6.09 Å². The lowest BCUT2D eigenvalue weighted by atomic mass is 9.98. The summed E-state index contributed by atoms with van der Waals surface area (Å²) in [6.45, 7) is 0.218. The monoisotopic (exact) mass is 383 g/mol. The molecule has 4 rings (SSSR count). The van der Waals surface area contributed by atoms with E-state index in [1.807, 2.05) is 30.5 Å². The molecule has 2 aliphatic rings. The van der Waals surface area contributed by atoms with E-state index >= 15 is 0 Å². The first-order chi connectivity index (χ1) is 13.2. The number of fused-ring (bicyclic) bond motifs is 3. The predicted octanol–water partition coefficient (Wildman–Crippen LogP) is 4.22. The van der Waals surface area contributed by atoms with Crippen molar-refractivity contribution in [3.63, 3.8) is 0 Å². The number of hydrogen-bond donors (Lipinski definition) is 0. The first-order valence-corrected chi connectivity index (χ1v) is 10.4. The number of rotatable bonds is 5. The van der Waals surface area contributed by atoms with Crippen molar-refractivity contribution in [2.24, 2.45) is 0 Å².